The normalized spacial score (nSPS) is 22.8. The van der Waals surface area contributed by atoms with Gasteiger partial charge in [0.2, 0.25) is 5.88 Å². The van der Waals surface area contributed by atoms with E-state index in [1.807, 2.05) is 0 Å². The molecule has 1 aromatic carbocycles. The van der Waals surface area contributed by atoms with Crippen LogP contribution in [-0.2, 0) is 0 Å². The lowest BCUT2D eigenvalue weighted by Gasteiger charge is -2.44. The van der Waals surface area contributed by atoms with E-state index in [9.17, 15) is 14.3 Å². The fraction of sp³-hybridized carbons (Fsp3) is 0.607. The van der Waals surface area contributed by atoms with E-state index < -0.39 is 17.8 Å². The smallest absolute Gasteiger partial charge is 0.256 e. The second kappa shape index (κ2) is 10.8. The number of hydrogen-bond acceptors (Lipinski definition) is 6. The first-order valence-electron chi connectivity index (χ1n) is 13.3. The number of β-amino-alcohol motifs (C(OH)–C–C–N with tert-alkyl or cyclic N) is 1. The fourth-order valence-electron chi connectivity index (χ4n) is 5.69. The van der Waals surface area contributed by atoms with Gasteiger partial charge >= 0.3 is 0 Å². The molecule has 2 aromatic rings. The van der Waals surface area contributed by atoms with Gasteiger partial charge in [-0.15, -0.1) is 0 Å². The van der Waals surface area contributed by atoms with E-state index in [1.54, 1.807) is 18.5 Å². The molecule has 0 radical (unpaired) electrons. The zero-order valence-corrected chi connectivity index (χ0v) is 21.2. The van der Waals surface area contributed by atoms with Crippen molar-refractivity contribution >= 4 is 5.91 Å². The van der Waals surface area contributed by atoms with Gasteiger partial charge in [-0.2, -0.15) is 0 Å². The third kappa shape index (κ3) is 5.86. The second-order valence-corrected chi connectivity index (χ2v) is 11.2. The van der Waals surface area contributed by atoms with Gasteiger partial charge in [0.05, 0.1) is 36.4 Å². The summed E-state index contributed by atoms with van der Waals surface area (Å²) in [7, 11) is 0. The molecule has 3 aliphatic rings. The summed E-state index contributed by atoms with van der Waals surface area (Å²) >= 11 is 0. The summed E-state index contributed by atoms with van der Waals surface area (Å²) in [5.74, 6) is 0.00393. The molecule has 7 nitrogen and oxygen atoms in total. The molecule has 5 rings (SSSR count). The lowest BCUT2D eigenvalue weighted by Crippen LogP contribution is -2.44. The first-order chi connectivity index (χ1) is 17.4. The number of carbonyl (C=O) groups excluding carboxylic acids is 1. The Morgan fingerprint density at radius 2 is 1.94 bits per heavy atom. The minimum Gasteiger partial charge on any atom is -0.476 e. The molecule has 0 bridgehead atoms. The van der Waals surface area contributed by atoms with Crippen molar-refractivity contribution in [3.63, 3.8) is 0 Å². The summed E-state index contributed by atoms with van der Waals surface area (Å²) in [5, 5.41) is 9.81. The lowest BCUT2D eigenvalue weighted by molar-refractivity contribution is 0.0470. The standard InChI is InChI=1S/C28H37FN4O3/c1-28(9-3-10-28)19-32-12-7-20(8-13-32)18-36-26-16-30-25(15-31-26)21-5-6-23(24(29)14-21)27(35)33-11-2-4-22(34)17-33/h5-6,14-16,20,22,34H,2-4,7-13,17-19H2,1H3/t22-/m1/s1. The molecule has 1 saturated carbocycles. The Morgan fingerprint density at radius 1 is 1.14 bits per heavy atom. The zero-order chi connectivity index (χ0) is 25.1. The Kier molecular flexibility index (Phi) is 7.53. The number of halogens is 1. The maximum absolute atomic E-state index is 14.8. The van der Waals surface area contributed by atoms with E-state index in [1.165, 1.54) is 42.8 Å². The fourth-order valence-corrected chi connectivity index (χ4v) is 5.69. The van der Waals surface area contributed by atoms with E-state index >= 15 is 0 Å². The number of aromatic nitrogens is 2. The molecule has 0 spiro atoms. The molecule has 3 fully saturated rings. The number of benzene rings is 1. The molecule has 1 aromatic heterocycles. The predicted octanol–water partition coefficient (Wildman–Crippen LogP) is 4.16. The highest BCUT2D eigenvalue weighted by atomic mass is 19.1. The van der Waals surface area contributed by atoms with Crippen LogP contribution in [-0.4, -0.2) is 76.2 Å². The summed E-state index contributed by atoms with van der Waals surface area (Å²) in [6.45, 7) is 7.32. The summed E-state index contributed by atoms with van der Waals surface area (Å²) in [5.41, 5.74) is 1.62. The van der Waals surface area contributed by atoms with Crippen LogP contribution in [0.5, 0.6) is 5.88 Å². The Balaban J connectivity index is 1.12. The highest BCUT2D eigenvalue weighted by Crippen LogP contribution is 2.41. The van der Waals surface area contributed by atoms with E-state index in [0.717, 1.165) is 32.4 Å². The molecule has 2 aliphatic heterocycles. The highest BCUT2D eigenvalue weighted by Gasteiger charge is 2.34. The Bertz CT molecular complexity index is 1050. The van der Waals surface area contributed by atoms with Crippen molar-refractivity contribution in [2.24, 2.45) is 11.3 Å². The SMILES string of the molecule is CC1(CN2CCC(COc3cnc(-c4ccc(C(=O)N5CCC[C@@H](O)C5)c(F)c4)cn3)CC2)CCC1. The number of piperidine rings is 2. The molecule has 0 unspecified atom stereocenters. The van der Waals surface area contributed by atoms with Crippen LogP contribution in [0.3, 0.4) is 0 Å². The van der Waals surface area contributed by atoms with Crippen molar-refractivity contribution in [1.82, 2.24) is 19.8 Å². The molecule has 2 saturated heterocycles. The van der Waals surface area contributed by atoms with Gasteiger partial charge in [-0.25, -0.2) is 14.4 Å². The minimum absolute atomic E-state index is 0.00797. The Hall–Kier alpha value is -2.58. The minimum atomic E-state index is -0.600. The number of amides is 1. The molecular formula is C28H37FN4O3. The molecular weight excluding hydrogens is 459 g/mol. The first-order valence-corrected chi connectivity index (χ1v) is 13.3. The maximum atomic E-state index is 14.8. The van der Waals surface area contributed by atoms with Crippen LogP contribution < -0.4 is 4.74 Å². The number of carbonyl (C=O) groups is 1. The van der Waals surface area contributed by atoms with Gasteiger partial charge in [0.15, 0.2) is 0 Å². The average molecular weight is 497 g/mol. The van der Waals surface area contributed by atoms with Gasteiger partial charge in [0.25, 0.3) is 5.91 Å². The number of aliphatic hydroxyl groups is 1. The van der Waals surface area contributed by atoms with Gasteiger partial charge in [0, 0.05) is 25.2 Å². The molecule has 36 heavy (non-hydrogen) atoms. The number of nitrogens with zero attached hydrogens (tertiary/aromatic N) is 4. The van der Waals surface area contributed by atoms with Crippen molar-refractivity contribution in [2.75, 3.05) is 39.3 Å². The van der Waals surface area contributed by atoms with Crippen molar-refractivity contribution in [3.8, 4) is 17.1 Å². The van der Waals surface area contributed by atoms with Gasteiger partial charge in [-0.05, 0) is 75.1 Å². The van der Waals surface area contributed by atoms with Crippen molar-refractivity contribution in [1.29, 1.82) is 0 Å². The van der Waals surface area contributed by atoms with Crippen LogP contribution in [0.4, 0.5) is 4.39 Å². The van der Waals surface area contributed by atoms with E-state index in [-0.39, 0.29) is 12.1 Å². The van der Waals surface area contributed by atoms with Crippen LogP contribution >= 0.6 is 0 Å². The van der Waals surface area contributed by atoms with E-state index in [0.29, 0.717) is 48.0 Å². The largest absolute Gasteiger partial charge is 0.476 e. The van der Waals surface area contributed by atoms with Crippen LogP contribution in [0, 0.1) is 17.2 Å². The number of rotatable bonds is 7. The van der Waals surface area contributed by atoms with Crippen molar-refractivity contribution in [3.05, 3.63) is 42.0 Å². The van der Waals surface area contributed by atoms with Gasteiger partial charge < -0.3 is 19.6 Å². The molecule has 194 valence electrons. The van der Waals surface area contributed by atoms with Crippen LogP contribution in [0.25, 0.3) is 11.3 Å². The topological polar surface area (TPSA) is 78.8 Å². The molecule has 1 atom stereocenters. The quantitative estimate of drug-likeness (QED) is 0.620. The maximum Gasteiger partial charge on any atom is 0.256 e. The zero-order valence-electron chi connectivity index (χ0n) is 21.2. The number of hydrogen-bond donors (Lipinski definition) is 1. The molecule has 1 N–H and O–H groups in total. The van der Waals surface area contributed by atoms with E-state index in [2.05, 4.69) is 21.8 Å². The predicted molar refractivity (Wildman–Crippen MR) is 135 cm³/mol. The number of likely N-dealkylation sites (tertiary alicyclic amines) is 2. The van der Waals surface area contributed by atoms with Crippen molar-refractivity contribution < 1.29 is 19.0 Å². The third-order valence-electron chi connectivity index (χ3n) is 8.15. The average Bonchev–Trinajstić information content (AvgIpc) is 2.87. The summed E-state index contributed by atoms with van der Waals surface area (Å²) in [6.07, 6.45) is 10.4. The highest BCUT2D eigenvalue weighted by molar-refractivity contribution is 5.95. The molecule has 3 heterocycles. The van der Waals surface area contributed by atoms with Crippen LogP contribution in [0.1, 0.15) is 62.2 Å². The molecule has 1 aliphatic carbocycles. The monoisotopic (exact) mass is 496 g/mol. The summed E-state index contributed by atoms with van der Waals surface area (Å²) in [6, 6.07) is 4.48. The third-order valence-corrected chi connectivity index (χ3v) is 8.15. The van der Waals surface area contributed by atoms with Gasteiger partial charge in [-0.1, -0.05) is 19.4 Å². The van der Waals surface area contributed by atoms with Crippen molar-refractivity contribution in [2.45, 2.75) is 58.0 Å². The lowest BCUT2D eigenvalue weighted by atomic mass is 9.70. The second-order valence-electron chi connectivity index (χ2n) is 11.2. The summed E-state index contributed by atoms with van der Waals surface area (Å²) < 4.78 is 20.7. The Labute approximate surface area is 212 Å². The number of ether oxygens (including phenoxy) is 1. The Morgan fingerprint density at radius 3 is 2.58 bits per heavy atom. The number of aliphatic hydroxyl groups excluding tert-OH is 1. The van der Waals surface area contributed by atoms with Crippen LogP contribution in [0.15, 0.2) is 30.6 Å². The van der Waals surface area contributed by atoms with Crippen LogP contribution in [0.2, 0.25) is 0 Å². The van der Waals surface area contributed by atoms with Gasteiger partial charge in [-0.3, -0.25) is 4.79 Å². The van der Waals surface area contributed by atoms with E-state index in [4.69, 9.17) is 4.74 Å². The van der Waals surface area contributed by atoms with Gasteiger partial charge in [0.1, 0.15) is 5.82 Å². The molecule has 8 heteroatoms. The molecule has 1 amide bonds. The summed E-state index contributed by atoms with van der Waals surface area (Å²) in [4.78, 5) is 25.6. The first kappa shape index (κ1) is 25.1.